The van der Waals surface area contributed by atoms with Crippen molar-refractivity contribution in [2.45, 2.75) is 45.3 Å². The van der Waals surface area contributed by atoms with Gasteiger partial charge in [0.1, 0.15) is 11.6 Å². The van der Waals surface area contributed by atoms with Crippen molar-refractivity contribution < 1.29 is 8.78 Å². The molecule has 0 N–H and O–H groups in total. The summed E-state index contributed by atoms with van der Waals surface area (Å²) in [5.41, 5.74) is 4.74. The van der Waals surface area contributed by atoms with Crippen LogP contribution in [0, 0.1) is 11.6 Å². The minimum absolute atomic E-state index is 0.0864. The lowest BCUT2D eigenvalue weighted by atomic mass is 9.95. The Bertz CT molecular complexity index is 1300. The number of rotatable bonds is 10. The van der Waals surface area contributed by atoms with Crippen molar-refractivity contribution in [3.63, 3.8) is 0 Å². The minimum Gasteiger partial charge on any atom is -0.370 e. The van der Waals surface area contributed by atoms with Crippen LogP contribution in [-0.4, -0.2) is 74.6 Å². The van der Waals surface area contributed by atoms with Crippen LogP contribution in [0.4, 0.5) is 14.5 Å². The first-order valence-corrected chi connectivity index (χ1v) is 14.6. The molecule has 0 saturated carbocycles. The highest BCUT2D eigenvalue weighted by atomic mass is 19.1. The largest absolute Gasteiger partial charge is 0.370 e. The van der Waals surface area contributed by atoms with Gasteiger partial charge in [-0.25, -0.2) is 8.78 Å². The normalized spacial score (nSPS) is 16.6. The summed E-state index contributed by atoms with van der Waals surface area (Å²) in [7, 11) is 6.08. The molecule has 3 aromatic rings. The Labute approximate surface area is 244 Å². The third kappa shape index (κ3) is 7.79. The van der Waals surface area contributed by atoms with Gasteiger partial charge in [-0.3, -0.25) is 14.6 Å². The smallest absolute Gasteiger partial charge is 0.206 e. The van der Waals surface area contributed by atoms with Gasteiger partial charge < -0.3 is 9.80 Å². The molecule has 220 valence electrons. The molecule has 0 aromatic heterocycles. The van der Waals surface area contributed by atoms with Gasteiger partial charge in [-0.15, -0.1) is 0 Å². The maximum atomic E-state index is 13.9. The molecule has 0 amide bonds. The Hall–Kier alpha value is -3.13. The highest BCUT2D eigenvalue weighted by Gasteiger charge is 2.31. The Morgan fingerprint density at radius 3 is 1.90 bits per heavy atom. The van der Waals surface area contributed by atoms with Crippen LogP contribution in [-0.2, 0) is 6.54 Å². The molecule has 1 aliphatic rings. The predicted octanol–water partition coefficient (Wildman–Crippen LogP) is 5.74. The van der Waals surface area contributed by atoms with Crippen LogP contribution in [0.2, 0.25) is 0 Å². The van der Waals surface area contributed by atoms with E-state index in [-0.39, 0.29) is 29.1 Å². The quantitative estimate of drug-likeness (QED) is 0.314. The molecule has 3 aromatic carbocycles. The van der Waals surface area contributed by atoms with E-state index < -0.39 is 0 Å². The van der Waals surface area contributed by atoms with E-state index in [2.05, 4.69) is 52.5 Å². The van der Waals surface area contributed by atoms with Gasteiger partial charge in [-0.2, -0.15) is 0 Å². The first-order chi connectivity index (χ1) is 19.5. The van der Waals surface area contributed by atoms with Crippen LogP contribution >= 0.6 is 0 Å². The molecule has 1 aliphatic heterocycles. The Morgan fingerprint density at radius 2 is 1.39 bits per heavy atom. The van der Waals surface area contributed by atoms with E-state index in [0.29, 0.717) is 12.5 Å². The lowest BCUT2D eigenvalue weighted by molar-refractivity contribution is 0.0599. The van der Waals surface area contributed by atoms with Gasteiger partial charge in [0.05, 0.1) is 11.7 Å². The SMILES string of the molecule is CC(C)c1ccc(CN2CCN(C(c3ccc(F)cc3)c3ccc(F)cc3)CC2C)c(=O)c(N(C)CCN(C)C)c1. The zero-order valence-corrected chi connectivity index (χ0v) is 25.3. The van der Waals surface area contributed by atoms with E-state index in [1.807, 2.05) is 51.5 Å². The molecule has 1 atom stereocenters. The summed E-state index contributed by atoms with van der Waals surface area (Å²) < 4.78 is 27.5. The Balaban J connectivity index is 1.58. The van der Waals surface area contributed by atoms with Crippen LogP contribution in [0.1, 0.15) is 55.0 Å². The first-order valence-electron chi connectivity index (χ1n) is 14.6. The highest BCUT2D eigenvalue weighted by Crippen LogP contribution is 2.31. The van der Waals surface area contributed by atoms with Crippen molar-refractivity contribution in [1.82, 2.24) is 14.7 Å². The monoisotopic (exact) mass is 562 g/mol. The van der Waals surface area contributed by atoms with Crippen LogP contribution in [0.3, 0.4) is 0 Å². The summed E-state index contributed by atoms with van der Waals surface area (Å²) in [6, 6.07) is 19.4. The lowest BCUT2D eigenvalue weighted by Gasteiger charge is -2.43. The molecule has 1 fully saturated rings. The number of hydrogen-bond acceptors (Lipinski definition) is 5. The average Bonchev–Trinajstić information content (AvgIpc) is 3.10. The summed E-state index contributed by atoms with van der Waals surface area (Å²) in [4.78, 5) is 22.8. The second-order valence-electron chi connectivity index (χ2n) is 11.9. The fourth-order valence-corrected chi connectivity index (χ4v) is 5.56. The molecule has 41 heavy (non-hydrogen) atoms. The molecule has 0 radical (unpaired) electrons. The summed E-state index contributed by atoms with van der Waals surface area (Å²) in [6.45, 7) is 11.0. The summed E-state index contributed by atoms with van der Waals surface area (Å²) >= 11 is 0. The van der Waals surface area contributed by atoms with Gasteiger partial charge in [0.25, 0.3) is 0 Å². The van der Waals surface area contributed by atoms with Crippen molar-refractivity contribution in [2.75, 3.05) is 58.8 Å². The topological polar surface area (TPSA) is 30.0 Å². The number of hydrogen-bond donors (Lipinski definition) is 0. The van der Waals surface area contributed by atoms with Gasteiger partial charge in [0.15, 0.2) is 0 Å². The van der Waals surface area contributed by atoms with Crippen LogP contribution in [0.25, 0.3) is 0 Å². The van der Waals surface area contributed by atoms with Crippen molar-refractivity contribution in [1.29, 1.82) is 0 Å². The zero-order valence-electron chi connectivity index (χ0n) is 25.3. The van der Waals surface area contributed by atoms with Crippen molar-refractivity contribution in [2.24, 2.45) is 0 Å². The van der Waals surface area contributed by atoms with Gasteiger partial charge in [-0.1, -0.05) is 50.2 Å². The third-order valence-electron chi connectivity index (χ3n) is 8.17. The molecule has 4 rings (SSSR count). The molecule has 0 spiro atoms. The first kappa shape index (κ1) is 30.8. The lowest BCUT2D eigenvalue weighted by Crippen LogP contribution is -2.52. The number of anilines is 1. The number of nitrogens with zero attached hydrogens (tertiary/aromatic N) is 4. The van der Waals surface area contributed by atoms with E-state index >= 15 is 0 Å². The summed E-state index contributed by atoms with van der Waals surface area (Å²) in [5.74, 6) is -0.240. The standard InChI is InChI=1S/C34H44F2N4O/c1-24(2)28-7-8-29(34(41)32(21-28)38(6)18-17-37(4)5)23-39-19-20-40(22-25(39)3)33(26-9-13-30(35)14-10-26)27-11-15-31(36)16-12-27/h7-16,21,24-25,33H,17-20,22-23H2,1-6H3. The number of likely N-dealkylation sites (N-methyl/N-ethyl adjacent to an activating group) is 2. The van der Waals surface area contributed by atoms with Crippen molar-refractivity contribution in [3.8, 4) is 0 Å². The number of halogens is 2. The van der Waals surface area contributed by atoms with Crippen molar-refractivity contribution in [3.05, 3.63) is 111 Å². The predicted molar refractivity (Wildman–Crippen MR) is 165 cm³/mol. The average molecular weight is 563 g/mol. The van der Waals surface area contributed by atoms with Gasteiger partial charge in [-0.05, 0) is 74.0 Å². The molecular weight excluding hydrogens is 518 g/mol. The molecular formula is C34H44F2N4O. The van der Waals surface area contributed by atoms with E-state index in [0.717, 1.165) is 60.7 Å². The fraction of sp³-hybridized carbons (Fsp3) is 0.441. The molecule has 7 heteroatoms. The maximum absolute atomic E-state index is 13.9. The van der Waals surface area contributed by atoms with Crippen LogP contribution in [0.15, 0.2) is 71.5 Å². The highest BCUT2D eigenvalue weighted by molar-refractivity contribution is 5.50. The van der Waals surface area contributed by atoms with Gasteiger partial charge >= 0.3 is 0 Å². The molecule has 0 bridgehead atoms. The Morgan fingerprint density at radius 1 is 0.829 bits per heavy atom. The Kier molecular flexibility index (Phi) is 10.3. The molecule has 1 saturated heterocycles. The molecule has 1 unspecified atom stereocenters. The van der Waals surface area contributed by atoms with E-state index in [1.54, 1.807) is 0 Å². The minimum atomic E-state index is -0.276. The van der Waals surface area contributed by atoms with Crippen LogP contribution < -0.4 is 10.3 Å². The zero-order chi connectivity index (χ0) is 29.7. The van der Waals surface area contributed by atoms with Gasteiger partial charge in [0.2, 0.25) is 5.43 Å². The molecule has 0 aliphatic carbocycles. The van der Waals surface area contributed by atoms with Gasteiger partial charge in [0, 0.05) is 57.9 Å². The number of benzene rings is 2. The molecule has 5 nitrogen and oxygen atoms in total. The van der Waals surface area contributed by atoms with E-state index in [1.165, 1.54) is 24.3 Å². The maximum Gasteiger partial charge on any atom is 0.206 e. The third-order valence-corrected chi connectivity index (χ3v) is 8.17. The second-order valence-corrected chi connectivity index (χ2v) is 11.9. The van der Waals surface area contributed by atoms with E-state index in [9.17, 15) is 13.6 Å². The second kappa shape index (κ2) is 13.7. The fourth-order valence-electron chi connectivity index (χ4n) is 5.56. The number of piperazine rings is 1. The van der Waals surface area contributed by atoms with Crippen molar-refractivity contribution >= 4 is 5.69 Å². The molecule has 1 heterocycles. The van der Waals surface area contributed by atoms with Crippen LogP contribution in [0.5, 0.6) is 0 Å². The van der Waals surface area contributed by atoms with E-state index in [4.69, 9.17) is 0 Å². The summed E-state index contributed by atoms with van der Waals surface area (Å²) in [5, 5.41) is 0. The summed E-state index contributed by atoms with van der Waals surface area (Å²) in [6.07, 6.45) is 0.